The van der Waals surface area contributed by atoms with E-state index in [1.54, 1.807) is 10.7 Å². The molecule has 0 aliphatic rings. The molecule has 0 aliphatic carbocycles. The van der Waals surface area contributed by atoms with Crippen LogP contribution in [0.3, 0.4) is 0 Å². The normalized spacial score (nSPS) is 10.3. The molecule has 2 amide bonds. The molecule has 0 spiro atoms. The number of aromatic nitrogens is 2. The summed E-state index contributed by atoms with van der Waals surface area (Å²) in [5.41, 5.74) is 8.63. The van der Waals surface area contributed by atoms with Gasteiger partial charge in [-0.25, -0.2) is 0 Å². The van der Waals surface area contributed by atoms with E-state index < -0.39 is 5.91 Å². The Labute approximate surface area is 141 Å². The molecule has 0 radical (unpaired) electrons. The molecule has 7 heteroatoms. The summed E-state index contributed by atoms with van der Waals surface area (Å²) in [7, 11) is 0. The molecule has 0 bridgehead atoms. The molecule has 0 aliphatic heterocycles. The maximum atomic E-state index is 11.8. The molecule has 7 nitrogen and oxygen atoms in total. The van der Waals surface area contributed by atoms with Crippen LogP contribution in [-0.4, -0.2) is 28.2 Å². The second-order valence-corrected chi connectivity index (χ2v) is 5.72. The predicted octanol–water partition coefficient (Wildman–Crippen LogP) is 1.34. The Balaban J connectivity index is 1.75. The minimum absolute atomic E-state index is 0.0397. The fourth-order valence-electron chi connectivity index (χ4n) is 2.14. The second kappa shape index (κ2) is 7.63. The van der Waals surface area contributed by atoms with E-state index in [4.69, 9.17) is 4.74 Å². The van der Waals surface area contributed by atoms with Crippen LogP contribution in [0.4, 0.5) is 0 Å². The van der Waals surface area contributed by atoms with Gasteiger partial charge >= 0.3 is 0 Å². The minimum atomic E-state index is -0.435. The Bertz CT molecular complexity index is 752. The van der Waals surface area contributed by atoms with Crippen molar-refractivity contribution in [2.24, 2.45) is 0 Å². The van der Waals surface area contributed by atoms with Crippen molar-refractivity contribution >= 4 is 11.8 Å². The number of aryl methyl sites for hydroxylation is 4. The first-order valence-electron chi connectivity index (χ1n) is 7.64. The Morgan fingerprint density at radius 3 is 2.38 bits per heavy atom. The van der Waals surface area contributed by atoms with E-state index in [0.717, 1.165) is 22.5 Å². The van der Waals surface area contributed by atoms with Crippen molar-refractivity contribution < 1.29 is 14.3 Å². The molecule has 2 aromatic rings. The van der Waals surface area contributed by atoms with Gasteiger partial charge in [0.25, 0.3) is 11.8 Å². The van der Waals surface area contributed by atoms with E-state index >= 15 is 0 Å². The zero-order valence-electron chi connectivity index (χ0n) is 14.3. The summed E-state index contributed by atoms with van der Waals surface area (Å²) < 4.78 is 6.97. The van der Waals surface area contributed by atoms with Gasteiger partial charge in [0.1, 0.15) is 12.3 Å². The maximum Gasteiger partial charge on any atom is 0.276 e. The number of hydrogen-bond donors (Lipinski definition) is 2. The Morgan fingerprint density at radius 1 is 1.04 bits per heavy atom. The molecule has 2 N–H and O–H groups in total. The molecular formula is C17H22N4O3. The molecule has 128 valence electrons. The summed E-state index contributed by atoms with van der Waals surface area (Å²) in [6.45, 7) is 7.56. The Morgan fingerprint density at radius 2 is 1.75 bits per heavy atom. The molecule has 0 atom stereocenters. The van der Waals surface area contributed by atoms with Crippen LogP contribution in [0.15, 0.2) is 24.3 Å². The van der Waals surface area contributed by atoms with Gasteiger partial charge in [0.2, 0.25) is 0 Å². The van der Waals surface area contributed by atoms with Crippen LogP contribution in [0.25, 0.3) is 0 Å². The van der Waals surface area contributed by atoms with Crippen LogP contribution >= 0.6 is 0 Å². The quantitative estimate of drug-likeness (QED) is 0.810. The fraction of sp³-hybridized carbons (Fsp3) is 0.353. The summed E-state index contributed by atoms with van der Waals surface area (Å²) in [4.78, 5) is 23.5. The summed E-state index contributed by atoms with van der Waals surface area (Å²) in [6.07, 6.45) is 0. The molecular weight excluding hydrogens is 308 g/mol. The average Bonchev–Trinajstić information content (AvgIpc) is 2.84. The van der Waals surface area contributed by atoms with Gasteiger partial charge in [0.15, 0.2) is 6.61 Å². The number of carbonyl (C=O) groups is 2. The average molecular weight is 330 g/mol. The lowest BCUT2D eigenvalue weighted by atomic mass is 10.1. The van der Waals surface area contributed by atoms with Gasteiger partial charge in [-0.1, -0.05) is 6.07 Å². The predicted molar refractivity (Wildman–Crippen MR) is 89.4 cm³/mol. The number of nitrogens with zero attached hydrogens (tertiary/aromatic N) is 2. The first-order chi connectivity index (χ1) is 11.3. The lowest BCUT2D eigenvalue weighted by Crippen LogP contribution is -2.45. The van der Waals surface area contributed by atoms with Crippen molar-refractivity contribution in [3.8, 4) is 5.75 Å². The van der Waals surface area contributed by atoms with Gasteiger partial charge in [-0.05, 0) is 57.0 Å². The molecule has 0 unspecified atom stereocenters. The second-order valence-electron chi connectivity index (χ2n) is 5.72. The zero-order valence-corrected chi connectivity index (χ0v) is 14.3. The number of rotatable bonds is 5. The molecule has 0 fully saturated rings. The van der Waals surface area contributed by atoms with Gasteiger partial charge in [-0.15, -0.1) is 0 Å². The molecule has 1 aromatic heterocycles. The van der Waals surface area contributed by atoms with Crippen LogP contribution in [0.1, 0.15) is 22.5 Å². The highest BCUT2D eigenvalue weighted by atomic mass is 16.5. The van der Waals surface area contributed by atoms with E-state index in [2.05, 4.69) is 16.0 Å². The smallest absolute Gasteiger partial charge is 0.276 e. The highest BCUT2D eigenvalue weighted by Crippen LogP contribution is 2.16. The number of benzene rings is 1. The number of carbonyl (C=O) groups excluding carboxylic acids is 2. The van der Waals surface area contributed by atoms with Gasteiger partial charge in [-0.2, -0.15) is 5.10 Å². The summed E-state index contributed by atoms with van der Waals surface area (Å²) in [5.74, 6) is -0.183. The van der Waals surface area contributed by atoms with Crippen LogP contribution in [0, 0.1) is 27.7 Å². The van der Waals surface area contributed by atoms with Gasteiger partial charge in [-0.3, -0.25) is 25.1 Å². The number of nitrogens with one attached hydrogen (secondary N) is 2. The summed E-state index contributed by atoms with van der Waals surface area (Å²) in [6, 6.07) is 7.48. The third-order valence-corrected chi connectivity index (χ3v) is 3.59. The van der Waals surface area contributed by atoms with Crippen LogP contribution in [0.2, 0.25) is 0 Å². The first-order valence-corrected chi connectivity index (χ1v) is 7.64. The molecule has 0 saturated heterocycles. The van der Waals surface area contributed by atoms with Crippen LogP contribution in [-0.2, 0) is 16.1 Å². The standard InChI is InChI=1S/C17H22N4O3/c1-11-5-6-15(7-12(11)2)24-10-17(23)19-18-16(22)9-21-14(4)8-13(3)20-21/h5-8H,9-10H2,1-4H3,(H,18,22)(H,19,23). The van der Waals surface area contributed by atoms with Crippen molar-refractivity contribution in [2.45, 2.75) is 34.2 Å². The van der Waals surface area contributed by atoms with Gasteiger partial charge in [0, 0.05) is 5.69 Å². The molecule has 0 saturated carbocycles. The van der Waals surface area contributed by atoms with E-state index in [9.17, 15) is 9.59 Å². The lowest BCUT2D eigenvalue weighted by Gasteiger charge is -2.10. The van der Waals surface area contributed by atoms with Crippen LogP contribution < -0.4 is 15.6 Å². The highest BCUT2D eigenvalue weighted by Gasteiger charge is 2.09. The SMILES string of the molecule is Cc1cc(C)n(CC(=O)NNC(=O)COc2ccc(C)c(C)c2)n1. The van der Waals surface area contributed by atoms with Gasteiger partial charge in [0.05, 0.1) is 5.69 Å². The largest absolute Gasteiger partial charge is 0.484 e. The molecule has 1 heterocycles. The van der Waals surface area contributed by atoms with E-state index in [0.29, 0.717) is 5.75 Å². The summed E-state index contributed by atoms with van der Waals surface area (Å²) >= 11 is 0. The van der Waals surface area contributed by atoms with Crippen molar-refractivity contribution in [1.82, 2.24) is 20.6 Å². The summed E-state index contributed by atoms with van der Waals surface area (Å²) in [5, 5.41) is 4.19. The molecule has 1 aromatic carbocycles. The van der Waals surface area contributed by atoms with Crippen LogP contribution in [0.5, 0.6) is 5.75 Å². The highest BCUT2D eigenvalue weighted by molar-refractivity contribution is 5.82. The Hall–Kier alpha value is -2.83. The van der Waals surface area contributed by atoms with Crippen molar-refractivity contribution in [1.29, 1.82) is 0 Å². The van der Waals surface area contributed by atoms with E-state index in [-0.39, 0.29) is 19.1 Å². The zero-order chi connectivity index (χ0) is 17.7. The van der Waals surface area contributed by atoms with Gasteiger partial charge < -0.3 is 4.74 Å². The van der Waals surface area contributed by atoms with E-state index in [1.807, 2.05) is 45.9 Å². The topological polar surface area (TPSA) is 85.2 Å². The van der Waals surface area contributed by atoms with Crippen molar-refractivity contribution in [3.63, 3.8) is 0 Å². The third kappa shape index (κ3) is 4.84. The minimum Gasteiger partial charge on any atom is -0.484 e. The molecule has 2 rings (SSSR count). The molecule has 24 heavy (non-hydrogen) atoms. The fourth-order valence-corrected chi connectivity index (χ4v) is 2.14. The number of ether oxygens (including phenoxy) is 1. The maximum absolute atomic E-state index is 11.8. The monoisotopic (exact) mass is 330 g/mol. The van der Waals surface area contributed by atoms with E-state index in [1.165, 1.54) is 0 Å². The Kier molecular flexibility index (Phi) is 5.57. The van der Waals surface area contributed by atoms with Crippen molar-refractivity contribution in [2.75, 3.05) is 6.61 Å². The number of hydrogen-bond acceptors (Lipinski definition) is 4. The lowest BCUT2D eigenvalue weighted by molar-refractivity contribution is -0.130. The third-order valence-electron chi connectivity index (χ3n) is 3.59. The number of hydrazine groups is 1. The first kappa shape index (κ1) is 17.5. The number of amides is 2. The van der Waals surface area contributed by atoms with Crippen molar-refractivity contribution in [3.05, 3.63) is 46.8 Å².